The molecule has 0 aliphatic carbocycles. The second kappa shape index (κ2) is 4.74. The van der Waals surface area contributed by atoms with Crippen LogP contribution in [0.3, 0.4) is 0 Å². The predicted octanol–water partition coefficient (Wildman–Crippen LogP) is 2.01. The Bertz CT molecular complexity index is 671. The van der Waals surface area contributed by atoms with Gasteiger partial charge in [0.2, 0.25) is 0 Å². The maximum absolute atomic E-state index is 10.9. The number of fused-ring (bicyclic) bond motifs is 1. The van der Waals surface area contributed by atoms with E-state index in [1.807, 2.05) is 26.1 Å². The fourth-order valence-electron chi connectivity index (χ4n) is 2.21. The number of rotatable bonds is 4. The number of hydrogen-bond acceptors (Lipinski definition) is 3. The van der Waals surface area contributed by atoms with Crippen LogP contribution in [0, 0.1) is 6.92 Å². The largest absolute Gasteiger partial charge is 0.348 e. The lowest BCUT2D eigenvalue weighted by atomic mass is 10.1. The summed E-state index contributed by atoms with van der Waals surface area (Å²) in [5, 5.41) is 1.16. The third kappa shape index (κ3) is 2.57. The van der Waals surface area contributed by atoms with E-state index in [4.69, 9.17) is 4.18 Å². The van der Waals surface area contributed by atoms with E-state index in [-0.39, 0.29) is 6.61 Å². The first-order chi connectivity index (χ1) is 8.40. The Morgan fingerprint density at radius 3 is 2.61 bits per heavy atom. The minimum Gasteiger partial charge on any atom is -0.348 e. The van der Waals surface area contributed by atoms with Crippen LogP contribution in [-0.2, 0) is 27.8 Å². The smallest absolute Gasteiger partial charge is 0.264 e. The van der Waals surface area contributed by atoms with Crippen LogP contribution < -0.4 is 0 Å². The summed E-state index contributed by atoms with van der Waals surface area (Å²) in [6.45, 7) is 2.23. The first kappa shape index (κ1) is 13.1. The number of hydrogen-bond donors (Lipinski definition) is 0. The minimum absolute atomic E-state index is 0.188. The molecule has 5 heteroatoms. The van der Waals surface area contributed by atoms with Crippen molar-refractivity contribution >= 4 is 21.0 Å². The van der Waals surface area contributed by atoms with Crippen LogP contribution in [0.2, 0.25) is 0 Å². The third-order valence-corrected chi connectivity index (χ3v) is 3.77. The molecule has 0 unspecified atom stereocenters. The first-order valence-corrected chi connectivity index (χ1v) is 7.59. The molecule has 0 bridgehead atoms. The van der Waals surface area contributed by atoms with Gasteiger partial charge in [-0.25, -0.2) is 0 Å². The Balaban J connectivity index is 2.31. The molecular formula is C13H17NO3S. The standard InChI is InChI=1S/C13H17NO3S/c1-10-11(8-9-17-18(3,15)16)12-6-4-5-7-13(12)14(10)2/h4-7H,8-9H2,1-3H3. The Kier molecular flexibility index (Phi) is 3.45. The fourth-order valence-corrected chi connectivity index (χ4v) is 2.60. The van der Waals surface area contributed by atoms with Gasteiger partial charge in [-0.1, -0.05) is 18.2 Å². The van der Waals surface area contributed by atoms with Crippen LogP contribution in [0.15, 0.2) is 24.3 Å². The average Bonchev–Trinajstić information content (AvgIpc) is 2.53. The van der Waals surface area contributed by atoms with Crippen molar-refractivity contribution in [2.24, 2.45) is 7.05 Å². The van der Waals surface area contributed by atoms with Gasteiger partial charge in [-0.05, 0) is 25.0 Å². The predicted molar refractivity (Wildman–Crippen MR) is 72.2 cm³/mol. The molecule has 0 saturated heterocycles. The second-order valence-corrected chi connectivity index (χ2v) is 6.06. The topological polar surface area (TPSA) is 48.3 Å². The van der Waals surface area contributed by atoms with Crippen molar-refractivity contribution in [1.82, 2.24) is 4.57 Å². The third-order valence-electron chi connectivity index (χ3n) is 3.18. The molecule has 2 rings (SSSR count). The van der Waals surface area contributed by atoms with Gasteiger partial charge in [0.25, 0.3) is 10.1 Å². The Hall–Kier alpha value is -1.33. The first-order valence-electron chi connectivity index (χ1n) is 5.77. The monoisotopic (exact) mass is 267 g/mol. The molecule has 0 saturated carbocycles. The molecule has 18 heavy (non-hydrogen) atoms. The van der Waals surface area contributed by atoms with Crippen LogP contribution in [0.1, 0.15) is 11.3 Å². The van der Waals surface area contributed by atoms with Gasteiger partial charge in [0.05, 0.1) is 12.9 Å². The molecule has 0 spiro atoms. The van der Waals surface area contributed by atoms with Gasteiger partial charge < -0.3 is 4.57 Å². The molecule has 1 heterocycles. The molecule has 4 nitrogen and oxygen atoms in total. The number of aryl methyl sites for hydroxylation is 1. The fraction of sp³-hybridized carbons (Fsp3) is 0.385. The molecule has 0 aliphatic rings. The highest BCUT2D eigenvalue weighted by Crippen LogP contribution is 2.25. The summed E-state index contributed by atoms with van der Waals surface area (Å²) < 4.78 is 28.8. The van der Waals surface area contributed by atoms with E-state index in [1.165, 1.54) is 0 Å². The molecule has 0 aliphatic heterocycles. The molecule has 0 atom stereocenters. The van der Waals surface area contributed by atoms with Crippen molar-refractivity contribution in [2.75, 3.05) is 12.9 Å². The van der Waals surface area contributed by atoms with E-state index < -0.39 is 10.1 Å². The van der Waals surface area contributed by atoms with Crippen LogP contribution in [0.4, 0.5) is 0 Å². The van der Waals surface area contributed by atoms with Crippen molar-refractivity contribution in [2.45, 2.75) is 13.3 Å². The van der Waals surface area contributed by atoms with Crippen molar-refractivity contribution in [3.8, 4) is 0 Å². The Labute approximate surface area is 107 Å². The summed E-state index contributed by atoms with van der Waals surface area (Å²) in [6.07, 6.45) is 1.67. The van der Waals surface area contributed by atoms with E-state index in [9.17, 15) is 8.42 Å². The SMILES string of the molecule is Cc1c(CCOS(C)(=O)=O)c2ccccc2n1C. The van der Waals surface area contributed by atoms with Crippen molar-refractivity contribution in [1.29, 1.82) is 0 Å². The van der Waals surface area contributed by atoms with Crippen molar-refractivity contribution < 1.29 is 12.6 Å². The zero-order valence-electron chi connectivity index (χ0n) is 10.8. The summed E-state index contributed by atoms with van der Waals surface area (Å²) in [4.78, 5) is 0. The van der Waals surface area contributed by atoms with E-state index in [2.05, 4.69) is 16.7 Å². The maximum atomic E-state index is 10.9. The van der Waals surface area contributed by atoms with Gasteiger partial charge in [-0.15, -0.1) is 0 Å². The molecular weight excluding hydrogens is 250 g/mol. The van der Waals surface area contributed by atoms with Gasteiger partial charge in [0.1, 0.15) is 0 Å². The van der Waals surface area contributed by atoms with Gasteiger partial charge in [0.15, 0.2) is 0 Å². The Morgan fingerprint density at radius 2 is 1.94 bits per heavy atom. The zero-order valence-corrected chi connectivity index (χ0v) is 11.6. The lowest BCUT2D eigenvalue weighted by Gasteiger charge is -2.03. The molecule has 98 valence electrons. The van der Waals surface area contributed by atoms with Crippen LogP contribution in [-0.4, -0.2) is 25.8 Å². The molecule has 0 radical (unpaired) electrons. The minimum atomic E-state index is -3.36. The second-order valence-electron chi connectivity index (χ2n) is 4.42. The summed E-state index contributed by atoms with van der Waals surface area (Å²) in [6, 6.07) is 8.10. The normalized spacial score (nSPS) is 12.2. The highest BCUT2D eigenvalue weighted by atomic mass is 32.2. The molecule has 1 aromatic carbocycles. The van der Waals surface area contributed by atoms with E-state index >= 15 is 0 Å². The van der Waals surface area contributed by atoms with Crippen LogP contribution in [0.25, 0.3) is 10.9 Å². The quantitative estimate of drug-likeness (QED) is 0.796. The highest BCUT2D eigenvalue weighted by Gasteiger charge is 2.12. The lowest BCUT2D eigenvalue weighted by molar-refractivity contribution is 0.326. The summed E-state index contributed by atoms with van der Waals surface area (Å²) >= 11 is 0. The van der Waals surface area contributed by atoms with E-state index in [1.54, 1.807) is 0 Å². The average molecular weight is 267 g/mol. The molecule has 0 N–H and O–H groups in total. The molecule has 1 aromatic heterocycles. The number of nitrogens with zero attached hydrogens (tertiary/aromatic N) is 1. The van der Waals surface area contributed by atoms with E-state index in [0.29, 0.717) is 6.42 Å². The van der Waals surface area contributed by atoms with Gasteiger partial charge >= 0.3 is 0 Å². The van der Waals surface area contributed by atoms with Crippen LogP contribution in [0.5, 0.6) is 0 Å². The van der Waals surface area contributed by atoms with Gasteiger partial charge in [0, 0.05) is 23.6 Å². The van der Waals surface area contributed by atoms with Crippen molar-refractivity contribution in [3.63, 3.8) is 0 Å². The number of para-hydroxylation sites is 1. The molecule has 0 amide bonds. The zero-order chi connectivity index (χ0) is 13.3. The maximum Gasteiger partial charge on any atom is 0.264 e. The van der Waals surface area contributed by atoms with Gasteiger partial charge in [-0.2, -0.15) is 8.42 Å². The van der Waals surface area contributed by atoms with Crippen LogP contribution >= 0.6 is 0 Å². The van der Waals surface area contributed by atoms with Gasteiger partial charge in [-0.3, -0.25) is 4.18 Å². The molecule has 0 fully saturated rings. The summed E-state index contributed by atoms with van der Waals surface area (Å²) in [5.74, 6) is 0. The highest BCUT2D eigenvalue weighted by molar-refractivity contribution is 7.85. The number of benzene rings is 1. The van der Waals surface area contributed by atoms with Crippen molar-refractivity contribution in [3.05, 3.63) is 35.5 Å². The summed E-state index contributed by atoms with van der Waals surface area (Å²) in [5.41, 5.74) is 3.45. The lowest BCUT2D eigenvalue weighted by Crippen LogP contribution is -2.06. The molecule has 2 aromatic rings. The summed E-state index contributed by atoms with van der Waals surface area (Å²) in [7, 11) is -1.35. The van der Waals surface area contributed by atoms with E-state index in [0.717, 1.165) is 28.4 Å². The number of aromatic nitrogens is 1. The Morgan fingerprint density at radius 1 is 1.28 bits per heavy atom.